The van der Waals surface area contributed by atoms with Gasteiger partial charge in [0.2, 0.25) is 5.91 Å². The molecular weight excluding hydrogens is 368 g/mol. The summed E-state index contributed by atoms with van der Waals surface area (Å²) in [5.41, 5.74) is 2.67. The number of carbonyl (C=O) groups excluding carboxylic acids is 1. The van der Waals surface area contributed by atoms with E-state index in [2.05, 4.69) is 40.7 Å². The number of aromatic amines is 2. The second kappa shape index (κ2) is 7.42. The zero-order valence-electron chi connectivity index (χ0n) is 15.9. The minimum atomic E-state index is -0.0215. The topological polar surface area (TPSA) is 115 Å². The molecule has 29 heavy (non-hydrogen) atoms. The summed E-state index contributed by atoms with van der Waals surface area (Å²) in [6, 6.07) is 7.92. The Hall–Kier alpha value is -3.62. The van der Waals surface area contributed by atoms with E-state index in [1.807, 2.05) is 30.5 Å². The van der Waals surface area contributed by atoms with Gasteiger partial charge in [0.15, 0.2) is 0 Å². The van der Waals surface area contributed by atoms with E-state index in [9.17, 15) is 4.79 Å². The largest absolute Gasteiger partial charge is 0.376 e. The SMILES string of the molecule is O=C(CNc1cccc2[nH]ncc12)NC1CCCN(c2ncnc3[nH]ccc23)C1. The van der Waals surface area contributed by atoms with E-state index >= 15 is 0 Å². The van der Waals surface area contributed by atoms with Crippen LogP contribution in [0.15, 0.2) is 43.0 Å². The van der Waals surface area contributed by atoms with Crippen molar-refractivity contribution in [2.75, 3.05) is 29.9 Å². The van der Waals surface area contributed by atoms with Gasteiger partial charge in [-0.1, -0.05) is 6.07 Å². The minimum Gasteiger partial charge on any atom is -0.376 e. The maximum atomic E-state index is 12.5. The van der Waals surface area contributed by atoms with Crippen LogP contribution in [0.4, 0.5) is 11.5 Å². The monoisotopic (exact) mass is 390 g/mol. The molecule has 1 aromatic carbocycles. The molecule has 9 nitrogen and oxygen atoms in total. The summed E-state index contributed by atoms with van der Waals surface area (Å²) in [7, 11) is 0. The molecule has 1 aliphatic rings. The van der Waals surface area contributed by atoms with Gasteiger partial charge in [-0.25, -0.2) is 9.97 Å². The summed E-state index contributed by atoms with van der Waals surface area (Å²) in [6.45, 7) is 1.88. The Kier molecular flexibility index (Phi) is 4.47. The van der Waals surface area contributed by atoms with Crippen molar-refractivity contribution >= 4 is 39.3 Å². The van der Waals surface area contributed by atoms with Crippen molar-refractivity contribution in [1.29, 1.82) is 0 Å². The quantitative estimate of drug-likeness (QED) is 0.415. The fourth-order valence-corrected chi connectivity index (χ4v) is 3.97. The average Bonchev–Trinajstić information content (AvgIpc) is 3.41. The standard InChI is InChI=1S/C20H22N8O/c29-18(10-22-16-4-1-5-17-15(16)9-25-27-17)26-13-3-2-8-28(11-13)20-14-6-7-21-19(14)23-12-24-20/h1,4-7,9,12-13,22H,2-3,8,10-11H2,(H,25,27)(H,26,29)(H,21,23,24). The molecule has 1 fully saturated rings. The molecule has 0 spiro atoms. The van der Waals surface area contributed by atoms with Crippen molar-refractivity contribution in [2.45, 2.75) is 18.9 Å². The fourth-order valence-electron chi connectivity index (χ4n) is 3.97. The van der Waals surface area contributed by atoms with Gasteiger partial charge in [0, 0.05) is 36.4 Å². The summed E-state index contributed by atoms with van der Waals surface area (Å²) < 4.78 is 0. The molecule has 1 aliphatic heterocycles. The van der Waals surface area contributed by atoms with Gasteiger partial charge in [-0.3, -0.25) is 9.89 Å². The van der Waals surface area contributed by atoms with Gasteiger partial charge in [0.1, 0.15) is 17.8 Å². The van der Waals surface area contributed by atoms with Crippen molar-refractivity contribution in [3.8, 4) is 0 Å². The van der Waals surface area contributed by atoms with E-state index in [4.69, 9.17) is 0 Å². The van der Waals surface area contributed by atoms with Crippen molar-refractivity contribution < 1.29 is 4.79 Å². The van der Waals surface area contributed by atoms with Crippen LogP contribution in [0.1, 0.15) is 12.8 Å². The molecule has 9 heteroatoms. The van der Waals surface area contributed by atoms with Crippen LogP contribution in [-0.4, -0.2) is 56.7 Å². The van der Waals surface area contributed by atoms with E-state index < -0.39 is 0 Å². The summed E-state index contributed by atoms with van der Waals surface area (Å²) in [4.78, 5) is 26.6. The Balaban J connectivity index is 1.22. The summed E-state index contributed by atoms with van der Waals surface area (Å²) >= 11 is 0. The first-order valence-electron chi connectivity index (χ1n) is 9.76. The number of carbonyl (C=O) groups is 1. The number of nitrogens with one attached hydrogen (secondary N) is 4. The Morgan fingerprint density at radius 2 is 2.21 bits per heavy atom. The third-order valence-corrected chi connectivity index (χ3v) is 5.34. The second-order valence-electron chi connectivity index (χ2n) is 7.28. The van der Waals surface area contributed by atoms with Gasteiger partial charge < -0.3 is 20.5 Å². The third kappa shape index (κ3) is 3.46. The number of hydrogen-bond donors (Lipinski definition) is 4. The van der Waals surface area contributed by atoms with Crippen molar-refractivity contribution in [1.82, 2.24) is 30.5 Å². The number of rotatable bonds is 5. The lowest BCUT2D eigenvalue weighted by Crippen LogP contribution is -2.49. The first-order chi connectivity index (χ1) is 14.3. The van der Waals surface area contributed by atoms with Crippen LogP contribution in [-0.2, 0) is 4.79 Å². The number of benzene rings is 1. The van der Waals surface area contributed by atoms with Gasteiger partial charge in [-0.15, -0.1) is 0 Å². The number of H-pyrrole nitrogens is 2. The summed E-state index contributed by atoms with van der Waals surface area (Å²) in [5.74, 6) is 0.895. The summed E-state index contributed by atoms with van der Waals surface area (Å²) in [6.07, 6.45) is 7.18. The van der Waals surface area contributed by atoms with Crippen LogP contribution < -0.4 is 15.5 Å². The average molecular weight is 390 g/mol. The molecule has 0 bridgehead atoms. The number of aromatic nitrogens is 5. The van der Waals surface area contributed by atoms with E-state index in [1.165, 1.54) is 0 Å². The Bertz CT molecular complexity index is 1150. The van der Waals surface area contributed by atoms with E-state index in [-0.39, 0.29) is 18.5 Å². The van der Waals surface area contributed by atoms with Gasteiger partial charge in [-0.2, -0.15) is 5.10 Å². The third-order valence-electron chi connectivity index (χ3n) is 5.34. The predicted molar refractivity (Wildman–Crippen MR) is 112 cm³/mol. The van der Waals surface area contributed by atoms with E-state index in [0.717, 1.165) is 59.4 Å². The Morgan fingerprint density at radius 1 is 1.24 bits per heavy atom. The first kappa shape index (κ1) is 17.5. The molecule has 1 atom stereocenters. The van der Waals surface area contributed by atoms with E-state index in [1.54, 1.807) is 12.5 Å². The molecule has 4 heterocycles. The molecule has 0 saturated carbocycles. The van der Waals surface area contributed by atoms with Crippen molar-refractivity contribution in [2.24, 2.45) is 0 Å². The number of amides is 1. The van der Waals surface area contributed by atoms with E-state index in [0.29, 0.717) is 0 Å². The highest BCUT2D eigenvalue weighted by atomic mass is 16.2. The molecule has 5 rings (SSSR count). The van der Waals surface area contributed by atoms with Crippen LogP contribution in [0.5, 0.6) is 0 Å². The van der Waals surface area contributed by atoms with Crippen molar-refractivity contribution in [3.63, 3.8) is 0 Å². The van der Waals surface area contributed by atoms with Crippen molar-refractivity contribution in [3.05, 3.63) is 43.0 Å². The highest BCUT2D eigenvalue weighted by Gasteiger charge is 2.23. The van der Waals surface area contributed by atoms with Crippen LogP contribution in [0, 0.1) is 0 Å². The smallest absolute Gasteiger partial charge is 0.239 e. The lowest BCUT2D eigenvalue weighted by molar-refractivity contribution is -0.120. The number of nitrogens with zero attached hydrogens (tertiary/aromatic N) is 4. The Labute approximate surface area is 166 Å². The van der Waals surface area contributed by atoms with Gasteiger partial charge in [-0.05, 0) is 31.0 Å². The minimum absolute atomic E-state index is 0.0215. The summed E-state index contributed by atoms with van der Waals surface area (Å²) in [5, 5.41) is 15.3. The molecule has 1 amide bonds. The highest BCUT2D eigenvalue weighted by Crippen LogP contribution is 2.25. The molecule has 4 N–H and O–H groups in total. The van der Waals surface area contributed by atoms with Crippen LogP contribution in [0.25, 0.3) is 21.9 Å². The van der Waals surface area contributed by atoms with Gasteiger partial charge >= 0.3 is 0 Å². The molecule has 0 aliphatic carbocycles. The fraction of sp³-hybridized carbons (Fsp3) is 0.300. The predicted octanol–water partition coefficient (Wildman–Crippen LogP) is 2.03. The molecular formula is C20H22N8O. The van der Waals surface area contributed by atoms with Gasteiger partial charge in [0.05, 0.1) is 23.6 Å². The van der Waals surface area contributed by atoms with Crippen LogP contribution in [0.3, 0.4) is 0 Å². The number of hydrogen-bond acceptors (Lipinski definition) is 6. The second-order valence-corrected chi connectivity index (χ2v) is 7.28. The molecule has 148 valence electrons. The Morgan fingerprint density at radius 3 is 3.17 bits per heavy atom. The number of anilines is 2. The maximum absolute atomic E-state index is 12.5. The zero-order chi connectivity index (χ0) is 19.6. The molecule has 1 unspecified atom stereocenters. The number of fused-ring (bicyclic) bond motifs is 2. The first-order valence-corrected chi connectivity index (χ1v) is 9.76. The lowest BCUT2D eigenvalue weighted by atomic mass is 10.1. The molecule has 1 saturated heterocycles. The molecule has 3 aromatic heterocycles. The molecule has 0 radical (unpaired) electrons. The van der Waals surface area contributed by atoms with Gasteiger partial charge in [0.25, 0.3) is 0 Å². The normalized spacial score (nSPS) is 17.0. The lowest BCUT2D eigenvalue weighted by Gasteiger charge is -2.34. The van der Waals surface area contributed by atoms with Crippen LogP contribution >= 0.6 is 0 Å². The maximum Gasteiger partial charge on any atom is 0.239 e. The number of piperidine rings is 1. The zero-order valence-corrected chi connectivity index (χ0v) is 15.9. The molecule has 4 aromatic rings. The van der Waals surface area contributed by atoms with Crippen LogP contribution in [0.2, 0.25) is 0 Å². The highest BCUT2D eigenvalue weighted by molar-refractivity contribution is 5.92.